The molecule has 0 spiro atoms. The number of carbonyl (C=O) groups excluding carboxylic acids is 2. The highest BCUT2D eigenvalue weighted by molar-refractivity contribution is 6.30. The molecular weight excluding hydrogens is 610 g/mol. The molecule has 1 unspecified atom stereocenters. The van der Waals surface area contributed by atoms with Gasteiger partial charge in [-0.2, -0.15) is 0 Å². The minimum atomic E-state index is -1.74. The number of hydrogen-bond acceptors (Lipinski definition) is 7. The van der Waals surface area contributed by atoms with E-state index in [0.29, 0.717) is 54.4 Å². The van der Waals surface area contributed by atoms with Crippen molar-refractivity contribution in [3.05, 3.63) is 92.7 Å². The lowest BCUT2D eigenvalue weighted by Crippen LogP contribution is -2.51. The number of aliphatic hydroxyl groups excluding tert-OH is 1. The summed E-state index contributed by atoms with van der Waals surface area (Å²) in [6.45, 7) is 3.97. The van der Waals surface area contributed by atoms with Gasteiger partial charge in [-0.25, -0.2) is 14.4 Å². The Balaban J connectivity index is 1.48. The number of halogens is 3. The van der Waals surface area contributed by atoms with Gasteiger partial charge in [0.15, 0.2) is 0 Å². The van der Waals surface area contributed by atoms with Crippen LogP contribution in [0.3, 0.4) is 0 Å². The van der Waals surface area contributed by atoms with Crippen LogP contribution < -0.4 is 0 Å². The third kappa shape index (κ3) is 5.37. The summed E-state index contributed by atoms with van der Waals surface area (Å²) >= 11 is 12.2. The lowest BCUT2D eigenvalue weighted by molar-refractivity contribution is -0.191. The monoisotopic (exact) mass is 642 g/mol. The van der Waals surface area contributed by atoms with E-state index in [4.69, 9.17) is 27.9 Å². The van der Waals surface area contributed by atoms with Crippen molar-refractivity contribution in [2.24, 2.45) is 5.92 Å². The predicted molar refractivity (Wildman–Crippen MR) is 160 cm³/mol. The molecule has 1 saturated heterocycles. The highest BCUT2D eigenvalue weighted by Crippen LogP contribution is 2.51. The lowest BCUT2D eigenvalue weighted by atomic mass is 9.76. The van der Waals surface area contributed by atoms with E-state index in [9.17, 15) is 19.8 Å². The van der Waals surface area contributed by atoms with E-state index in [1.54, 1.807) is 42.2 Å². The van der Waals surface area contributed by atoms with Crippen LogP contribution in [0.5, 0.6) is 0 Å². The highest BCUT2D eigenvalue weighted by Gasteiger charge is 2.57. The van der Waals surface area contributed by atoms with Gasteiger partial charge in [-0.1, -0.05) is 35.3 Å². The fourth-order valence-corrected chi connectivity index (χ4v) is 6.84. The summed E-state index contributed by atoms with van der Waals surface area (Å²) in [6.07, 6.45) is 3.48. The highest BCUT2D eigenvalue weighted by atomic mass is 35.5. The molecule has 1 aromatic heterocycles. The molecule has 12 heteroatoms. The average molecular weight is 644 g/mol. The fourth-order valence-electron chi connectivity index (χ4n) is 6.61. The summed E-state index contributed by atoms with van der Waals surface area (Å²) in [5, 5.41) is 22.6. The van der Waals surface area contributed by atoms with Crippen molar-refractivity contribution in [1.82, 2.24) is 19.8 Å². The molecule has 2 aromatic carbocycles. The van der Waals surface area contributed by atoms with Crippen LogP contribution in [0.1, 0.15) is 72.4 Å². The largest absolute Gasteiger partial charge is 0.393 e. The van der Waals surface area contributed by atoms with Crippen LogP contribution in [0.25, 0.3) is 0 Å². The summed E-state index contributed by atoms with van der Waals surface area (Å²) < 4.78 is 23.4. The van der Waals surface area contributed by atoms with Gasteiger partial charge in [-0.15, -0.1) is 0 Å². The first-order chi connectivity index (χ1) is 20.9. The molecule has 1 aliphatic carbocycles. The van der Waals surface area contributed by atoms with E-state index in [1.807, 2.05) is 0 Å². The minimum absolute atomic E-state index is 0.00567. The average Bonchev–Trinajstić information content (AvgIpc) is 3.21. The van der Waals surface area contributed by atoms with Gasteiger partial charge in [-0.05, 0) is 68.4 Å². The summed E-state index contributed by atoms with van der Waals surface area (Å²) in [5.74, 6) is -1.28. The van der Waals surface area contributed by atoms with Gasteiger partial charge >= 0.3 is 0 Å². The van der Waals surface area contributed by atoms with Crippen LogP contribution in [0.4, 0.5) is 4.39 Å². The van der Waals surface area contributed by atoms with Crippen LogP contribution in [-0.4, -0.2) is 67.1 Å². The number of rotatable bonds is 7. The molecule has 3 aromatic rings. The number of nitrogens with zero attached hydrogens (tertiary/aromatic N) is 4. The van der Waals surface area contributed by atoms with Crippen molar-refractivity contribution in [2.45, 2.75) is 69.6 Å². The van der Waals surface area contributed by atoms with Gasteiger partial charge < -0.3 is 19.8 Å². The van der Waals surface area contributed by atoms with Crippen LogP contribution >= 0.6 is 23.2 Å². The van der Waals surface area contributed by atoms with E-state index in [2.05, 4.69) is 9.97 Å². The Labute approximate surface area is 264 Å². The summed E-state index contributed by atoms with van der Waals surface area (Å²) in [7, 11) is 0. The molecule has 0 radical (unpaired) electrons. The van der Waals surface area contributed by atoms with E-state index in [1.165, 1.54) is 30.3 Å². The standard InChI is InChI=1S/C32H33Cl2FN4O5/c1-18(40)38-9-7-19(8-10-38)31(2,43)21-11-26-29(27(35)12-21)32(44-25-13-24(41)14-25,20-3-5-22(33)6-4-20)39(30(26)42)17-28-36-15-23(34)16-37-28/h3-6,11-12,15-16,19,24-25,41,43H,7-10,13-14,17H2,1-2H3/t24?,25?,31?,32-/m1/s1. The maximum Gasteiger partial charge on any atom is 0.257 e. The molecular formula is C32H33Cl2FN4O5. The number of amides is 2. The van der Waals surface area contributed by atoms with E-state index >= 15 is 4.39 Å². The number of ether oxygens (including phenoxy) is 1. The van der Waals surface area contributed by atoms with Crippen molar-refractivity contribution in [3.63, 3.8) is 0 Å². The SMILES string of the molecule is CC(=O)N1CCC(C(C)(O)c2cc(F)c3c(c2)C(=O)N(Cc2ncc(Cl)cn2)[C@@]3(OC2CC(O)C2)c2ccc(Cl)cc2)CC1. The Hall–Kier alpha value is -3.15. The van der Waals surface area contributed by atoms with Gasteiger partial charge in [0.1, 0.15) is 11.6 Å². The third-order valence-electron chi connectivity index (χ3n) is 9.22. The van der Waals surface area contributed by atoms with Gasteiger partial charge in [0.05, 0.1) is 40.5 Å². The molecule has 2 atom stereocenters. The number of likely N-dealkylation sites (tertiary alicyclic amines) is 1. The predicted octanol–water partition coefficient (Wildman–Crippen LogP) is 4.79. The Morgan fingerprint density at radius 3 is 2.34 bits per heavy atom. The zero-order chi connectivity index (χ0) is 31.4. The second kappa shape index (κ2) is 11.7. The van der Waals surface area contributed by atoms with Gasteiger partial charge in [-0.3, -0.25) is 14.5 Å². The first-order valence-electron chi connectivity index (χ1n) is 14.6. The van der Waals surface area contributed by atoms with E-state index < -0.39 is 35.3 Å². The van der Waals surface area contributed by atoms with Crippen LogP contribution in [0.2, 0.25) is 10.0 Å². The number of piperidine rings is 1. The second-order valence-corrected chi connectivity index (χ2v) is 12.9. The van der Waals surface area contributed by atoms with E-state index in [0.717, 1.165) is 0 Å². The number of benzene rings is 2. The Morgan fingerprint density at radius 2 is 1.75 bits per heavy atom. The minimum Gasteiger partial charge on any atom is -0.393 e. The first-order valence-corrected chi connectivity index (χ1v) is 15.4. The molecule has 3 aliphatic rings. The van der Waals surface area contributed by atoms with Gasteiger partial charge in [0, 0.05) is 43.0 Å². The van der Waals surface area contributed by atoms with Crippen LogP contribution in [-0.2, 0) is 27.4 Å². The van der Waals surface area contributed by atoms with Crippen molar-refractivity contribution in [3.8, 4) is 0 Å². The topological polar surface area (TPSA) is 116 Å². The maximum atomic E-state index is 16.7. The molecule has 6 rings (SSSR count). The summed E-state index contributed by atoms with van der Waals surface area (Å²) in [6, 6.07) is 9.46. The van der Waals surface area contributed by atoms with Crippen molar-refractivity contribution < 1.29 is 28.9 Å². The Kier molecular flexibility index (Phi) is 8.17. The maximum absolute atomic E-state index is 16.7. The Morgan fingerprint density at radius 1 is 1.11 bits per heavy atom. The molecule has 2 fully saturated rings. The van der Waals surface area contributed by atoms with E-state index in [-0.39, 0.29) is 40.9 Å². The zero-order valence-corrected chi connectivity index (χ0v) is 25.9. The van der Waals surface area contributed by atoms with Gasteiger partial charge in [0.2, 0.25) is 11.6 Å². The van der Waals surface area contributed by atoms with Gasteiger partial charge in [0.25, 0.3) is 5.91 Å². The summed E-state index contributed by atoms with van der Waals surface area (Å²) in [5.41, 5.74) is -2.45. The number of fused-ring (bicyclic) bond motifs is 1. The molecule has 44 heavy (non-hydrogen) atoms. The molecule has 0 bridgehead atoms. The molecule has 3 heterocycles. The van der Waals surface area contributed by atoms with Crippen molar-refractivity contribution in [1.29, 1.82) is 0 Å². The molecule has 2 amide bonds. The number of aromatic nitrogens is 2. The zero-order valence-electron chi connectivity index (χ0n) is 24.3. The second-order valence-electron chi connectivity index (χ2n) is 12.0. The molecule has 9 nitrogen and oxygen atoms in total. The molecule has 2 aliphatic heterocycles. The number of aliphatic hydroxyl groups is 2. The lowest BCUT2D eigenvalue weighted by Gasteiger charge is -2.45. The van der Waals surface area contributed by atoms with Crippen molar-refractivity contribution >= 4 is 35.0 Å². The fraction of sp³-hybridized carbons (Fsp3) is 0.438. The smallest absolute Gasteiger partial charge is 0.257 e. The normalized spacial score (nSPS) is 25.0. The van der Waals surface area contributed by atoms with Crippen LogP contribution in [0.15, 0.2) is 48.8 Å². The molecule has 1 saturated carbocycles. The first kappa shape index (κ1) is 30.9. The molecule has 232 valence electrons. The third-order valence-corrected chi connectivity index (χ3v) is 9.67. The van der Waals surface area contributed by atoms with Crippen LogP contribution in [0, 0.1) is 11.7 Å². The summed E-state index contributed by atoms with van der Waals surface area (Å²) in [4.78, 5) is 37.9. The Bertz CT molecular complexity index is 1570. The quantitative estimate of drug-likeness (QED) is 0.381. The molecule has 2 N–H and O–H groups in total. The number of hydrogen-bond donors (Lipinski definition) is 2. The van der Waals surface area contributed by atoms with Crippen molar-refractivity contribution in [2.75, 3.05) is 13.1 Å². The number of carbonyl (C=O) groups is 2.